The summed E-state index contributed by atoms with van der Waals surface area (Å²) in [6.07, 6.45) is 2.45. The van der Waals surface area contributed by atoms with Crippen molar-refractivity contribution in [3.63, 3.8) is 0 Å². The lowest BCUT2D eigenvalue weighted by molar-refractivity contribution is -0.141. The zero-order valence-corrected chi connectivity index (χ0v) is 13.1. The lowest BCUT2D eigenvalue weighted by Crippen LogP contribution is -2.41. The molecule has 0 bridgehead atoms. The largest absolute Gasteiger partial charge is 0.493 e. The van der Waals surface area contributed by atoms with E-state index in [2.05, 4.69) is 5.32 Å². The normalized spacial score (nSPS) is 11.7. The van der Waals surface area contributed by atoms with Crippen LogP contribution in [0.3, 0.4) is 0 Å². The van der Waals surface area contributed by atoms with Gasteiger partial charge in [0.1, 0.15) is 11.8 Å². The fourth-order valence-corrected chi connectivity index (χ4v) is 2.13. The quantitative estimate of drug-likeness (QED) is 0.730. The first-order valence-electron chi connectivity index (χ1n) is 6.73. The van der Waals surface area contributed by atoms with Crippen LogP contribution >= 0.6 is 11.8 Å². The Kier molecular flexibility index (Phi) is 7.68. The molecule has 6 heteroatoms. The molecule has 116 valence electrons. The number of thioether (sulfide) groups is 1. The predicted octanol–water partition coefficient (Wildman–Crippen LogP) is 2.09. The van der Waals surface area contributed by atoms with Crippen molar-refractivity contribution in [1.82, 2.24) is 5.32 Å². The predicted molar refractivity (Wildman–Crippen MR) is 83.9 cm³/mol. The van der Waals surface area contributed by atoms with Crippen LogP contribution in [0.15, 0.2) is 24.3 Å². The highest BCUT2D eigenvalue weighted by Gasteiger charge is 2.19. The molecule has 1 atom stereocenters. The van der Waals surface area contributed by atoms with Crippen LogP contribution in [0.5, 0.6) is 5.75 Å². The number of carbonyl (C=O) groups excluding carboxylic acids is 1. The molecule has 5 nitrogen and oxygen atoms in total. The summed E-state index contributed by atoms with van der Waals surface area (Å²) >= 11 is 1.55. The number of aliphatic carboxylic acids is 1. The third kappa shape index (κ3) is 7.04. The molecule has 0 fully saturated rings. The van der Waals surface area contributed by atoms with Crippen molar-refractivity contribution < 1.29 is 19.4 Å². The molecule has 0 aliphatic heterocycles. The first-order valence-corrected chi connectivity index (χ1v) is 8.13. The molecule has 1 unspecified atom stereocenters. The van der Waals surface area contributed by atoms with Gasteiger partial charge in [0.25, 0.3) is 0 Å². The van der Waals surface area contributed by atoms with E-state index in [1.165, 1.54) is 0 Å². The van der Waals surface area contributed by atoms with Crippen molar-refractivity contribution in [2.75, 3.05) is 18.6 Å². The fraction of sp³-hybridized carbons (Fsp3) is 0.467. The van der Waals surface area contributed by atoms with Crippen LogP contribution in [-0.4, -0.2) is 41.6 Å². The van der Waals surface area contributed by atoms with Gasteiger partial charge in [-0.25, -0.2) is 4.79 Å². The number of hydrogen-bond donors (Lipinski definition) is 2. The number of benzene rings is 1. The highest BCUT2D eigenvalue weighted by Crippen LogP contribution is 2.11. The van der Waals surface area contributed by atoms with E-state index < -0.39 is 12.0 Å². The van der Waals surface area contributed by atoms with Crippen molar-refractivity contribution in [2.45, 2.75) is 25.8 Å². The van der Waals surface area contributed by atoms with Crippen molar-refractivity contribution >= 4 is 23.6 Å². The number of aryl methyl sites for hydroxylation is 1. The number of hydrogen-bond acceptors (Lipinski definition) is 4. The smallest absolute Gasteiger partial charge is 0.326 e. The first kappa shape index (κ1) is 17.4. The summed E-state index contributed by atoms with van der Waals surface area (Å²) in [6, 6.07) is 6.71. The number of amides is 1. The standard InChI is InChI=1S/C15H21NO4S/c1-11-3-5-12(6-4-11)20-9-7-14(17)16-13(15(18)19)8-10-21-2/h3-6,13H,7-10H2,1-2H3,(H,16,17)(H,18,19). The molecule has 21 heavy (non-hydrogen) atoms. The van der Waals surface area contributed by atoms with E-state index >= 15 is 0 Å². The Morgan fingerprint density at radius 1 is 1.33 bits per heavy atom. The Hall–Kier alpha value is -1.69. The van der Waals surface area contributed by atoms with E-state index in [4.69, 9.17) is 9.84 Å². The lowest BCUT2D eigenvalue weighted by atomic mass is 10.2. The van der Waals surface area contributed by atoms with E-state index in [1.807, 2.05) is 37.4 Å². The van der Waals surface area contributed by atoms with Gasteiger partial charge in [-0.2, -0.15) is 11.8 Å². The molecule has 0 aliphatic carbocycles. The maximum absolute atomic E-state index is 11.7. The molecule has 1 amide bonds. The van der Waals surface area contributed by atoms with Crippen molar-refractivity contribution in [3.8, 4) is 5.75 Å². The van der Waals surface area contributed by atoms with Gasteiger partial charge in [-0.1, -0.05) is 17.7 Å². The third-order valence-electron chi connectivity index (χ3n) is 2.86. The van der Waals surface area contributed by atoms with Crippen LogP contribution in [0.4, 0.5) is 0 Å². The number of carbonyl (C=O) groups is 2. The summed E-state index contributed by atoms with van der Waals surface area (Å²) in [5.41, 5.74) is 1.14. The van der Waals surface area contributed by atoms with Gasteiger partial charge in [0.05, 0.1) is 13.0 Å². The molecule has 0 aromatic heterocycles. The molecular formula is C15H21NO4S. The Balaban J connectivity index is 2.32. The molecule has 1 aromatic rings. The molecular weight excluding hydrogens is 290 g/mol. The number of carboxylic acid groups (broad SMARTS) is 1. The third-order valence-corrected chi connectivity index (χ3v) is 3.51. The van der Waals surface area contributed by atoms with Gasteiger partial charge in [0.2, 0.25) is 5.91 Å². The van der Waals surface area contributed by atoms with E-state index in [1.54, 1.807) is 11.8 Å². The van der Waals surface area contributed by atoms with Crippen LogP contribution in [0.25, 0.3) is 0 Å². The van der Waals surface area contributed by atoms with E-state index in [9.17, 15) is 9.59 Å². The van der Waals surface area contributed by atoms with E-state index in [0.717, 1.165) is 5.56 Å². The zero-order valence-electron chi connectivity index (χ0n) is 12.3. The van der Waals surface area contributed by atoms with Gasteiger partial charge in [-0.05, 0) is 37.5 Å². The molecule has 2 N–H and O–H groups in total. The molecule has 0 saturated carbocycles. The molecule has 0 aliphatic rings. The highest BCUT2D eigenvalue weighted by atomic mass is 32.2. The Bertz CT molecular complexity index is 461. The number of ether oxygens (including phenoxy) is 1. The van der Waals surface area contributed by atoms with Gasteiger partial charge in [-0.3, -0.25) is 4.79 Å². The number of nitrogens with one attached hydrogen (secondary N) is 1. The summed E-state index contributed by atoms with van der Waals surface area (Å²) in [6.45, 7) is 2.21. The molecule has 0 spiro atoms. The minimum Gasteiger partial charge on any atom is -0.493 e. The van der Waals surface area contributed by atoms with Crippen molar-refractivity contribution in [2.24, 2.45) is 0 Å². The zero-order chi connectivity index (χ0) is 15.7. The molecule has 0 radical (unpaired) electrons. The minimum atomic E-state index is -1.00. The highest BCUT2D eigenvalue weighted by molar-refractivity contribution is 7.98. The first-order chi connectivity index (χ1) is 10.0. The Morgan fingerprint density at radius 2 is 2.00 bits per heavy atom. The van der Waals surface area contributed by atoms with Crippen LogP contribution in [0, 0.1) is 6.92 Å². The minimum absolute atomic E-state index is 0.136. The SMILES string of the molecule is CSCCC(NC(=O)CCOc1ccc(C)cc1)C(=O)O. The molecule has 1 rings (SSSR count). The van der Waals surface area contributed by atoms with Crippen LogP contribution < -0.4 is 10.1 Å². The fourth-order valence-electron chi connectivity index (χ4n) is 1.66. The second-order valence-corrected chi connectivity index (χ2v) is 5.64. The lowest BCUT2D eigenvalue weighted by Gasteiger charge is -2.14. The van der Waals surface area contributed by atoms with Crippen molar-refractivity contribution in [3.05, 3.63) is 29.8 Å². The average molecular weight is 311 g/mol. The van der Waals surface area contributed by atoms with Gasteiger partial charge >= 0.3 is 5.97 Å². The number of rotatable bonds is 9. The summed E-state index contributed by atoms with van der Waals surface area (Å²) < 4.78 is 5.44. The summed E-state index contributed by atoms with van der Waals surface area (Å²) in [5, 5.41) is 11.5. The van der Waals surface area contributed by atoms with Crippen LogP contribution in [0.2, 0.25) is 0 Å². The van der Waals surface area contributed by atoms with Gasteiger partial charge in [-0.15, -0.1) is 0 Å². The maximum atomic E-state index is 11.7. The second-order valence-electron chi connectivity index (χ2n) is 4.65. The summed E-state index contributed by atoms with van der Waals surface area (Å²) in [5.74, 6) is 0.0787. The maximum Gasteiger partial charge on any atom is 0.326 e. The number of carboxylic acids is 1. The molecule has 0 saturated heterocycles. The van der Waals surface area contributed by atoms with Gasteiger partial charge in [0.15, 0.2) is 0 Å². The van der Waals surface area contributed by atoms with E-state index in [-0.39, 0.29) is 18.9 Å². The van der Waals surface area contributed by atoms with E-state index in [0.29, 0.717) is 17.9 Å². The average Bonchev–Trinajstić information content (AvgIpc) is 2.45. The summed E-state index contributed by atoms with van der Waals surface area (Å²) in [4.78, 5) is 22.7. The Labute approximate surface area is 129 Å². The summed E-state index contributed by atoms with van der Waals surface area (Å²) in [7, 11) is 0. The molecule has 1 aromatic carbocycles. The Morgan fingerprint density at radius 3 is 2.57 bits per heavy atom. The van der Waals surface area contributed by atoms with Crippen LogP contribution in [-0.2, 0) is 9.59 Å². The second kappa shape index (κ2) is 9.28. The van der Waals surface area contributed by atoms with Crippen molar-refractivity contribution in [1.29, 1.82) is 0 Å². The van der Waals surface area contributed by atoms with Gasteiger partial charge in [0, 0.05) is 0 Å². The monoisotopic (exact) mass is 311 g/mol. The van der Waals surface area contributed by atoms with Crippen LogP contribution in [0.1, 0.15) is 18.4 Å². The molecule has 0 heterocycles. The topological polar surface area (TPSA) is 75.6 Å². The van der Waals surface area contributed by atoms with Gasteiger partial charge < -0.3 is 15.2 Å².